The molecule has 0 bridgehead atoms. The van der Waals surface area contributed by atoms with Crippen LogP contribution in [0.15, 0.2) is 6.33 Å². The minimum absolute atomic E-state index is 0.0847. The van der Waals surface area contributed by atoms with Crippen molar-refractivity contribution in [3.8, 4) is 0 Å². The number of fused-ring (bicyclic) bond motifs is 1. The molecule has 2 fully saturated rings. The molecule has 3 heterocycles. The van der Waals surface area contributed by atoms with E-state index < -0.39 is 31.1 Å². The van der Waals surface area contributed by atoms with Crippen LogP contribution in [0.25, 0.3) is 11.2 Å². The molecule has 1 saturated heterocycles. The molecule has 10 nitrogen and oxygen atoms in total. The van der Waals surface area contributed by atoms with Gasteiger partial charge in [0.2, 0.25) is 5.95 Å². The zero-order valence-electron chi connectivity index (χ0n) is 13.6. The maximum Gasteiger partial charge on any atom is 0.224 e. The molecule has 2 aromatic rings. The van der Waals surface area contributed by atoms with Gasteiger partial charge in [0.25, 0.3) is 0 Å². The smallest absolute Gasteiger partial charge is 0.224 e. The van der Waals surface area contributed by atoms with Crippen molar-refractivity contribution in [2.45, 2.75) is 56.3 Å². The summed E-state index contributed by atoms with van der Waals surface area (Å²) in [5.41, 5.74) is 6.78. The predicted octanol–water partition coefficient (Wildman–Crippen LogP) is -0.625. The highest BCUT2D eigenvalue weighted by atomic mass is 16.6. The highest BCUT2D eigenvalue weighted by Crippen LogP contribution is 2.33. The Morgan fingerprint density at radius 3 is 2.68 bits per heavy atom. The van der Waals surface area contributed by atoms with E-state index in [-0.39, 0.29) is 5.95 Å². The second-order valence-corrected chi connectivity index (χ2v) is 6.61. The van der Waals surface area contributed by atoms with Crippen molar-refractivity contribution in [3.63, 3.8) is 0 Å². The number of nitrogen functional groups attached to an aromatic ring is 1. The lowest BCUT2D eigenvalue weighted by molar-refractivity contribution is -0.0511. The Morgan fingerprint density at radius 2 is 2.00 bits per heavy atom. The van der Waals surface area contributed by atoms with E-state index in [2.05, 4.69) is 20.3 Å². The fourth-order valence-electron chi connectivity index (χ4n) is 3.59. The standard InChI is InChI=1S/C15H22N6O4/c16-15-19-12(18-7-3-1-2-4-7)9-13(20-15)21(6-17-9)14-11(24)10(23)8(5-22)25-14/h6-8,10-11,14,22-24H,1-5H2,(H3,16,18,19,20)/t8-,10-,11?,14-/m1/s1. The molecule has 2 aliphatic rings. The summed E-state index contributed by atoms with van der Waals surface area (Å²) in [6.45, 7) is -0.396. The highest BCUT2D eigenvalue weighted by Gasteiger charge is 2.44. The summed E-state index contributed by atoms with van der Waals surface area (Å²) in [7, 11) is 0. The van der Waals surface area contributed by atoms with Gasteiger partial charge in [-0.3, -0.25) is 4.57 Å². The Hall–Kier alpha value is -2.01. The summed E-state index contributed by atoms with van der Waals surface area (Å²) in [6.07, 6.45) is 1.79. The van der Waals surface area contributed by atoms with Crippen LogP contribution in [0, 0.1) is 0 Å². The number of hydrogen-bond donors (Lipinski definition) is 5. The van der Waals surface area contributed by atoms with Gasteiger partial charge in [-0.2, -0.15) is 9.97 Å². The lowest BCUT2D eigenvalue weighted by Gasteiger charge is -2.17. The van der Waals surface area contributed by atoms with E-state index in [1.165, 1.54) is 23.7 Å². The Labute approximate surface area is 143 Å². The molecule has 1 unspecified atom stereocenters. The number of nitrogens with one attached hydrogen (secondary N) is 1. The van der Waals surface area contributed by atoms with Gasteiger partial charge in [0.05, 0.1) is 12.9 Å². The summed E-state index contributed by atoms with van der Waals surface area (Å²) in [5.74, 6) is 0.640. The fourth-order valence-corrected chi connectivity index (χ4v) is 3.59. The van der Waals surface area contributed by atoms with Gasteiger partial charge in [-0.25, -0.2) is 4.98 Å². The third-order valence-electron chi connectivity index (χ3n) is 4.93. The molecular weight excluding hydrogens is 328 g/mol. The molecule has 25 heavy (non-hydrogen) atoms. The quantitative estimate of drug-likeness (QED) is 0.485. The first-order chi connectivity index (χ1) is 12.1. The summed E-state index contributed by atoms with van der Waals surface area (Å²) >= 11 is 0. The van der Waals surface area contributed by atoms with Crippen molar-refractivity contribution in [1.29, 1.82) is 0 Å². The molecule has 0 amide bonds. The first-order valence-corrected chi connectivity index (χ1v) is 8.47. The van der Waals surface area contributed by atoms with Gasteiger partial charge in [-0.15, -0.1) is 0 Å². The van der Waals surface area contributed by atoms with Crippen LogP contribution < -0.4 is 11.1 Å². The molecule has 4 rings (SSSR count). The molecule has 0 radical (unpaired) electrons. The molecule has 0 spiro atoms. The Morgan fingerprint density at radius 1 is 1.24 bits per heavy atom. The maximum absolute atomic E-state index is 10.2. The van der Waals surface area contributed by atoms with Gasteiger partial charge in [0, 0.05) is 6.04 Å². The number of hydrogen-bond acceptors (Lipinski definition) is 9. The molecule has 1 aliphatic carbocycles. The van der Waals surface area contributed by atoms with Crippen molar-refractivity contribution in [1.82, 2.24) is 19.5 Å². The molecule has 6 N–H and O–H groups in total. The van der Waals surface area contributed by atoms with Crippen molar-refractivity contribution in [2.24, 2.45) is 0 Å². The van der Waals surface area contributed by atoms with Crippen LogP contribution in [0.2, 0.25) is 0 Å². The summed E-state index contributed by atoms with van der Waals surface area (Å²) in [6, 6.07) is 0.330. The monoisotopic (exact) mass is 350 g/mol. The van der Waals surface area contributed by atoms with Gasteiger partial charge in [-0.05, 0) is 12.8 Å². The van der Waals surface area contributed by atoms with E-state index in [1.807, 2.05) is 0 Å². The third-order valence-corrected chi connectivity index (χ3v) is 4.93. The van der Waals surface area contributed by atoms with E-state index in [1.54, 1.807) is 0 Å². The average molecular weight is 350 g/mol. The van der Waals surface area contributed by atoms with Gasteiger partial charge in [0.15, 0.2) is 23.2 Å². The zero-order valence-corrected chi connectivity index (χ0v) is 13.6. The normalized spacial score (nSPS) is 30.4. The zero-order chi connectivity index (χ0) is 17.6. The van der Waals surface area contributed by atoms with E-state index in [0.717, 1.165) is 12.8 Å². The van der Waals surface area contributed by atoms with E-state index in [9.17, 15) is 15.3 Å². The molecular formula is C15H22N6O4. The van der Waals surface area contributed by atoms with Crippen LogP contribution in [-0.2, 0) is 4.74 Å². The Bertz CT molecular complexity index is 762. The number of rotatable bonds is 4. The molecule has 4 atom stereocenters. The molecule has 1 saturated carbocycles. The SMILES string of the molecule is Nc1nc(NC2CCCC2)c2ncn([C@@H]3O[C@H](CO)[C@@H](O)C3O)c2n1. The summed E-state index contributed by atoms with van der Waals surface area (Å²) in [4.78, 5) is 12.8. The van der Waals surface area contributed by atoms with E-state index in [0.29, 0.717) is 23.0 Å². The molecule has 1 aliphatic heterocycles. The first kappa shape index (κ1) is 16.5. The number of nitrogens with zero attached hydrogens (tertiary/aromatic N) is 4. The minimum Gasteiger partial charge on any atom is -0.394 e. The van der Waals surface area contributed by atoms with Crippen molar-refractivity contribution in [2.75, 3.05) is 17.7 Å². The molecule has 10 heteroatoms. The maximum atomic E-state index is 10.2. The number of aromatic nitrogens is 4. The van der Waals surface area contributed by atoms with Crippen molar-refractivity contribution < 1.29 is 20.1 Å². The third kappa shape index (κ3) is 2.80. The number of aliphatic hydroxyl groups excluding tert-OH is 3. The number of imidazole rings is 1. The summed E-state index contributed by atoms with van der Waals surface area (Å²) < 4.78 is 7.06. The Balaban J connectivity index is 1.70. The van der Waals surface area contributed by atoms with Crippen LogP contribution in [-0.4, -0.2) is 65.8 Å². The second kappa shape index (κ2) is 6.37. The van der Waals surface area contributed by atoms with Gasteiger partial charge in [-0.1, -0.05) is 12.8 Å². The minimum atomic E-state index is -1.21. The predicted molar refractivity (Wildman–Crippen MR) is 88.6 cm³/mol. The first-order valence-electron chi connectivity index (χ1n) is 8.47. The van der Waals surface area contributed by atoms with E-state index >= 15 is 0 Å². The molecule has 0 aromatic carbocycles. The van der Waals surface area contributed by atoms with Crippen LogP contribution in [0.1, 0.15) is 31.9 Å². The molecule has 136 valence electrons. The van der Waals surface area contributed by atoms with Gasteiger partial charge >= 0.3 is 0 Å². The van der Waals surface area contributed by atoms with Crippen LogP contribution in [0.3, 0.4) is 0 Å². The van der Waals surface area contributed by atoms with Crippen molar-refractivity contribution in [3.05, 3.63) is 6.33 Å². The topological polar surface area (TPSA) is 152 Å². The van der Waals surface area contributed by atoms with Crippen LogP contribution in [0.5, 0.6) is 0 Å². The van der Waals surface area contributed by atoms with Gasteiger partial charge < -0.3 is 31.1 Å². The summed E-state index contributed by atoms with van der Waals surface area (Å²) in [5, 5.41) is 32.8. The average Bonchev–Trinajstić information content (AvgIpc) is 3.29. The number of nitrogens with two attached hydrogens (primary N) is 1. The van der Waals surface area contributed by atoms with Crippen LogP contribution >= 0.6 is 0 Å². The Kier molecular flexibility index (Phi) is 4.20. The number of aliphatic hydroxyl groups is 3. The second-order valence-electron chi connectivity index (χ2n) is 6.61. The molecule has 2 aromatic heterocycles. The number of anilines is 2. The van der Waals surface area contributed by atoms with E-state index in [4.69, 9.17) is 10.5 Å². The highest BCUT2D eigenvalue weighted by molar-refractivity contribution is 5.84. The lowest BCUT2D eigenvalue weighted by atomic mass is 10.1. The number of ether oxygens (including phenoxy) is 1. The van der Waals surface area contributed by atoms with Crippen molar-refractivity contribution >= 4 is 22.9 Å². The van der Waals surface area contributed by atoms with Crippen LogP contribution in [0.4, 0.5) is 11.8 Å². The lowest BCUT2D eigenvalue weighted by Crippen LogP contribution is -2.33. The van der Waals surface area contributed by atoms with Gasteiger partial charge in [0.1, 0.15) is 18.3 Å². The fraction of sp³-hybridized carbons (Fsp3) is 0.667. The largest absolute Gasteiger partial charge is 0.394 e.